The van der Waals surface area contributed by atoms with Gasteiger partial charge in [-0.1, -0.05) is 36.4 Å². The van der Waals surface area contributed by atoms with Gasteiger partial charge in [0.05, 0.1) is 12.2 Å². The molecule has 0 saturated carbocycles. The van der Waals surface area contributed by atoms with Crippen molar-refractivity contribution in [3.05, 3.63) is 65.7 Å². The fraction of sp³-hybridized carbons (Fsp3) is 0.393. The highest BCUT2D eigenvalue weighted by atomic mass is 16.6. The number of ether oxygens (including phenoxy) is 2. The van der Waals surface area contributed by atoms with Gasteiger partial charge in [0.15, 0.2) is 5.54 Å². The van der Waals surface area contributed by atoms with Gasteiger partial charge in [0.1, 0.15) is 6.54 Å². The molecule has 11 nitrogen and oxygen atoms in total. The maximum absolute atomic E-state index is 13.8. The van der Waals surface area contributed by atoms with Gasteiger partial charge >= 0.3 is 30.0 Å². The highest BCUT2D eigenvalue weighted by Crippen LogP contribution is 2.41. The second-order valence-corrected chi connectivity index (χ2v) is 9.41. The second-order valence-electron chi connectivity index (χ2n) is 9.41. The second kappa shape index (κ2) is 12.0. The number of carbonyl (C=O) groups is 5. The SMILES string of the molecule is CCOC(=O)c1cccc(N(CC(=O)OC(=O)C2(c3ccccc3)CCCN2C(=O)N2CCCC2)C(N)=O)c1. The number of hydrogen-bond donors (Lipinski definition) is 1. The van der Waals surface area contributed by atoms with E-state index in [2.05, 4.69) is 0 Å². The fourth-order valence-electron chi connectivity index (χ4n) is 5.16. The van der Waals surface area contributed by atoms with Crippen LogP contribution < -0.4 is 10.6 Å². The van der Waals surface area contributed by atoms with Crippen molar-refractivity contribution in [1.82, 2.24) is 9.80 Å². The molecule has 4 rings (SSSR count). The summed E-state index contributed by atoms with van der Waals surface area (Å²) in [5.41, 5.74) is 4.90. The number of hydrogen-bond acceptors (Lipinski definition) is 7. The van der Waals surface area contributed by atoms with Crippen LogP contribution >= 0.6 is 0 Å². The number of esters is 3. The van der Waals surface area contributed by atoms with Crippen LogP contribution in [0.25, 0.3) is 0 Å². The lowest BCUT2D eigenvalue weighted by Gasteiger charge is -2.38. The average Bonchev–Trinajstić information content (AvgIpc) is 3.63. The van der Waals surface area contributed by atoms with Gasteiger partial charge in [-0.2, -0.15) is 0 Å². The number of urea groups is 2. The van der Waals surface area contributed by atoms with Gasteiger partial charge < -0.3 is 25.0 Å². The zero-order valence-electron chi connectivity index (χ0n) is 21.8. The van der Waals surface area contributed by atoms with Gasteiger partial charge in [-0.25, -0.2) is 24.0 Å². The third-order valence-corrected chi connectivity index (χ3v) is 7.01. The lowest BCUT2D eigenvalue weighted by atomic mass is 9.87. The Labute approximate surface area is 226 Å². The molecule has 0 aromatic heterocycles. The van der Waals surface area contributed by atoms with Crippen LogP contribution in [0.2, 0.25) is 0 Å². The third kappa shape index (κ3) is 5.71. The summed E-state index contributed by atoms with van der Waals surface area (Å²) in [5.74, 6) is -2.53. The maximum Gasteiger partial charge on any atom is 0.344 e. The molecule has 1 atom stereocenters. The van der Waals surface area contributed by atoms with E-state index in [1.807, 2.05) is 0 Å². The number of primary amides is 1. The lowest BCUT2D eigenvalue weighted by molar-refractivity contribution is -0.166. The molecule has 206 valence electrons. The Morgan fingerprint density at radius 1 is 0.949 bits per heavy atom. The third-order valence-electron chi connectivity index (χ3n) is 7.01. The van der Waals surface area contributed by atoms with E-state index < -0.39 is 36.0 Å². The Hall–Kier alpha value is -4.41. The highest BCUT2D eigenvalue weighted by Gasteiger charge is 2.54. The van der Waals surface area contributed by atoms with Crippen molar-refractivity contribution in [3.63, 3.8) is 0 Å². The van der Waals surface area contributed by atoms with E-state index in [0.717, 1.165) is 17.7 Å². The molecule has 2 fully saturated rings. The fourth-order valence-corrected chi connectivity index (χ4v) is 5.16. The Morgan fingerprint density at radius 2 is 1.67 bits per heavy atom. The van der Waals surface area contributed by atoms with E-state index >= 15 is 0 Å². The summed E-state index contributed by atoms with van der Waals surface area (Å²) in [6.07, 6.45) is 2.61. The van der Waals surface area contributed by atoms with Crippen molar-refractivity contribution in [2.24, 2.45) is 5.73 Å². The van der Waals surface area contributed by atoms with E-state index in [0.29, 0.717) is 31.6 Å². The van der Waals surface area contributed by atoms with Crippen molar-refractivity contribution in [2.45, 2.75) is 38.1 Å². The predicted molar refractivity (Wildman–Crippen MR) is 141 cm³/mol. The molecule has 0 radical (unpaired) electrons. The number of anilines is 1. The van der Waals surface area contributed by atoms with Gasteiger partial charge in [0.25, 0.3) is 0 Å². The largest absolute Gasteiger partial charge is 0.462 e. The van der Waals surface area contributed by atoms with Crippen molar-refractivity contribution in [3.8, 4) is 0 Å². The van der Waals surface area contributed by atoms with Crippen molar-refractivity contribution in [1.29, 1.82) is 0 Å². The van der Waals surface area contributed by atoms with Gasteiger partial charge in [0.2, 0.25) is 0 Å². The standard InChI is InChI=1S/C28H32N4O7/c1-2-38-24(34)20-10-8-13-22(18-20)31(26(29)36)19-23(33)39-25(35)28(21-11-4-3-5-12-21)14-9-17-32(28)27(37)30-15-6-7-16-30/h3-5,8,10-13,18H,2,6-7,9,14-17,19H2,1H3,(H2,29,36). The summed E-state index contributed by atoms with van der Waals surface area (Å²) in [6, 6.07) is 13.4. The molecule has 0 spiro atoms. The summed E-state index contributed by atoms with van der Waals surface area (Å²) < 4.78 is 10.3. The van der Waals surface area contributed by atoms with Crippen molar-refractivity contribution < 1.29 is 33.4 Å². The topological polar surface area (TPSA) is 140 Å². The van der Waals surface area contributed by atoms with Crippen LogP contribution in [0.3, 0.4) is 0 Å². The molecular formula is C28H32N4O7. The van der Waals surface area contributed by atoms with Gasteiger partial charge in [-0.15, -0.1) is 0 Å². The molecule has 0 aliphatic carbocycles. The smallest absolute Gasteiger partial charge is 0.344 e. The quantitative estimate of drug-likeness (QED) is 0.424. The number of likely N-dealkylation sites (tertiary alicyclic amines) is 2. The zero-order valence-corrected chi connectivity index (χ0v) is 21.8. The molecule has 0 bridgehead atoms. The monoisotopic (exact) mass is 536 g/mol. The van der Waals surface area contributed by atoms with Crippen LogP contribution in [0.4, 0.5) is 15.3 Å². The van der Waals surface area contributed by atoms with E-state index in [1.165, 1.54) is 29.2 Å². The van der Waals surface area contributed by atoms with Crippen LogP contribution in [0.15, 0.2) is 54.6 Å². The first-order chi connectivity index (χ1) is 18.8. The Morgan fingerprint density at radius 3 is 2.33 bits per heavy atom. The molecule has 2 aliphatic rings. The first-order valence-electron chi connectivity index (χ1n) is 13.0. The molecule has 1 unspecified atom stereocenters. The molecule has 2 aromatic rings. The van der Waals surface area contributed by atoms with Crippen molar-refractivity contribution >= 4 is 35.7 Å². The first kappa shape index (κ1) is 27.6. The number of rotatable bonds is 7. The Bertz CT molecular complexity index is 1250. The molecule has 39 heavy (non-hydrogen) atoms. The number of nitrogens with two attached hydrogens (primary N) is 1. The minimum Gasteiger partial charge on any atom is -0.462 e. The summed E-state index contributed by atoms with van der Waals surface area (Å²) in [7, 11) is 0. The Balaban J connectivity index is 1.58. The van der Waals surface area contributed by atoms with E-state index in [1.54, 1.807) is 42.2 Å². The number of amides is 4. The zero-order chi connectivity index (χ0) is 28.0. The minimum absolute atomic E-state index is 0.155. The van der Waals surface area contributed by atoms with E-state index in [-0.39, 0.29) is 30.3 Å². The molecule has 11 heteroatoms. The van der Waals surface area contributed by atoms with Gasteiger partial charge in [-0.3, -0.25) is 4.90 Å². The summed E-state index contributed by atoms with van der Waals surface area (Å²) in [4.78, 5) is 68.7. The number of benzene rings is 2. The van der Waals surface area contributed by atoms with Crippen LogP contribution in [0.5, 0.6) is 0 Å². The summed E-state index contributed by atoms with van der Waals surface area (Å²) in [5, 5.41) is 0. The first-order valence-corrected chi connectivity index (χ1v) is 13.0. The predicted octanol–water partition coefficient (Wildman–Crippen LogP) is 3.03. The number of nitrogens with zero attached hydrogens (tertiary/aromatic N) is 3. The van der Waals surface area contributed by atoms with Crippen LogP contribution in [0, 0.1) is 0 Å². The molecule has 2 heterocycles. The van der Waals surface area contributed by atoms with E-state index in [9.17, 15) is 24.0 Å². The molecule has 2 saturated heterocycles. The van der Waals surface area contributed by atoms with E-state index in [4.69, 9.17) is 15.2 Å². The molecular weight excluding hydrogens is 504 g/mol. The van der Waals surface area contributed by atoms with Gasteiger partial charge in [0, 0.05) is 25.3 Å². The van der Waals surface area contributed by atoms with Crippen LogP contribution in [-0.4, -0.2) is 72.6 Å². The Kier molecular flexibility index (Phi) is 8.48. The van der Waals surface area contributed by atoms with Gasteiger partial charge in [-0.05, 0) is 56.4 Å². The molecule has 2 aromatic carbocycles. The minimum atomic E-state index is -1.49. The van der Waals surface area contributed by atoms with Crippen molar-refractivity contribution in [2.75, 3.05) is 37.7 Å². The molecule has 2 aliphatic heterocycles. The average molecular weight is 537 g/mol. The van der Waals surface area contributed by atoms with Crippen LogP contribution in [-0.2, 0) is 24.6 Å². The normalized spacial score (nSPS) is 18.5. The maximum atomic E-state index is 13.8. The number of carbonyl (C=O) groups excluding carboxylic acids is 5. The summed E-state index contributed by atoms with van der Waals surface area (Å²) in [6.45, 7) is 2.69. The summed E-state index contributed by atoms with van der Waals surface area (Å²) >= 11 is 0. The lowest BCUT2D eigenvalue weighted by Crippen LogP contribution is -2.55. The molecule has 2 N–H and O–H groups in total. The van der Waals surface area contributed by atoms with Crippen LogP contribution in [0.1, 0.15) is 48.5 Å². The highest BCUT2D eigenvalue weighted by molar-refractivity contribution is 6.01. The molecule has 4 amide bonds.